The van der Waals surface area contributed by atoms with E-state index in [-0.39, 0.29) is 46.1 Å². The van der Waals surface area contributed by atoms with Gasteiger partial charge in [0.15, 0.2) is 11.6 Å². The van der Waals surface area contributed by atoms with Crippen LogP contribution in [0, 0.1) is 17.1 Å². The van der Waals surface area contributed by atoms with Crippen LogP contribution in [0.25, 0.3) is 22.4 Å². The number of rotatable bonds is 10. The van der Waals surface area contributed by atoms with E-state index in [1.54, 1.807) is 36.4 Å². The summed E-state index contributed by atoms with van der Waals surface area (Å²) in [6, 6.07) is 17.1. The summed E-state index contributed by atoms with van der Waals surface area (Å²) in [5.41, 5.74) is 1.87. The normalized spacial score (nSPS) is 11.4. The molecule has 0 fully saturated rings. The van der Waals surface area contributed by atoms with Gasteiger partial charge in [-0.3, -0.25) is 9.59 Å². The fraction of sp³-hybridized carbons (Fsp3) is 0.200. The molecule has 2 amide bonds. The average Bonchev–Trinajstić information content (AvgIpc) is 3.48. The molecule has 4 N–H and O–H groups in total. The van der Waals surface area contributed by atoms with E-state index in [0.29, 0.717) is 23.2 Å². The molecule has 0 aliphatic heterocycles. The lowest BCUT2D eigenvalue weighted by molar-refractivity contribution is -0.116. The van der Waals surface area contributed by atoms with Crippen molar-refractivity contribution < 1.29 is 23.5 Å². The molecule has 9 nitrogen and oxygen atoms in total. The van der Waals surface area contributed by atoms with Crippen LogP contribution in [0.3, 0.4) is 0 Å². The number of hydrogen-bond donors (Lipinski definition) is 4. The third-order valence-corrected chi connectivity index (χ3v) is 6.22. The summed E-state index contributed by atoms with van der Waals surface area (Å²) in [6.07, 6.45) is 2.44. The van der Waals surface area contributed by atoms with Gasteiger partial charge < -0.3 is 25.5 Å². The van der Waals surface area contributed by atoms with E-state index in [1.807, 2.05) is 13.8 Å². The highest BCUT2D eigenvalue weighted by Crippen LogP contribution is 2.36. The van der Waals surface area contributed by atoms with Crippen molar-refractivity contribution in [1.82, 2.24) is 10.3 Å². The van der Waals surface area contributed by atoms with E-state index in [1.165, 1.54) is 24.5 Å². The van der Waals surface area contributed by atoms with Crippen LogP contribution in [0.1, 0.15) is 42.8 Å². The van der Waals surface area contributed by atoms with Crippen molar-refractivity contribution in [2.24, 2.45) is 0 Å². The van der Waals surface area contributed by atoms with Crippen LogP contribution in [0.15, 0.2) is 71.3 Å². The molecular formula is C30H28FN5O4. The number of aromatic hydroxyl groups is 1. The summed E-state index contributed by atoms with van der Waals surface area (Å²) in [4.78, 5) is 29.9. The number of pyridine rings is 1. The predicted molar refractivity (Wildman–Crippen MR) is 149 cm³/mol. The number of furan rings is 1. The van der Waals surface area contributed by atoms with Gasteiger partial charge in [-0.05, 0) is 61.0 Å². The number of aromatic nitrogens is 1. The summed E-state index contributed by atoms with van der Waals surface area (Å²) in [5, 5.41) is 29.3. The first-order valence-electron chi connectivity index (χ1n) is 12.8. The number of nitrogens with one attached hydrogen (secondary N) is 3. The van der Waals surface area contributed by atoms with Gasteiger partial charge in [-0.25, -0.2) is 9.37 Å². The van der Waals surface area contributed by atoms with Gasteiger partial charge in [-0.15, -0.1) is 0 Å². The zero-order valence-electron chi connectivity index (χ0n) is 22.0. The molecule has 1 unspecified atom stereocenters. The van der Waals surface area contributed by atoms with Crippen LogP contribution in [-0.2, 0) is 4.79 Å². The average molecular weight is 542 g/mol. The molecule has 0 saturated carbocycles. The molecule has 2 heterocycles. The lowest BCUT2D eigenvalue weighted by Crippen LogP contribution is -2.32. The van der Waals surface area contributed by atoms with Crippen LogP contribution in [0.2, 0.25) is 0 Å². The van der Waals surface area contributed by atoms with Crippen molar-refractivity contribution in [3.63, 3.8) is 0 Å². The maximum Gasteiger partial charge on any atom is 0.292 e. The summed E-state index contributed by atoms with van der Waals surface area (Å²) < 4.78 is 18.9. The zero-order valence-corrected chi connectivity index (χ0v) is 22.0. The monoisotopic (exact) mass is 541 g/mol. The number of nitriles is 1. The number of amides is 2. The van der Waals surface area contributed by atoms with E-state index in [0.717, 1.165) is 19.0 Å². The number of hydrogen-bond acceptors (Lipinski definition) is 7. The SMILES string of the molecule is CCNC(CC)CC(=O)Nc1cccc(-c2cc(-c3ccc(F)cc3O)nc(NC(=O)c3ccco3)c2C#N)c1. The number of halogens is 1. The number of phenolic OH excluding ortho intramolecular Hbond substituents is 1. The smallest absolute Gasteiger partial charge is 0.292 e. The van der Waals surface area contributed by atoms with E-state index in [9.17, 15) is 24.3 Å². The Balaban J connectivity index is 1.77. The fourth-order valence-corrected chi connectivity index (χ4v) is 4.26. The summed E-state index contributed by atoms with van der Waals surface area (Å²) in [6.45, 7) is 4.74. The lowest BCUT2D eigenvalue weighted by Gasteiger charge is -2.16. The Morgan fingerprint density at radius 2 is 1.90 bits per heavy atom. The van der Waals surface area contributed by atoms with Crippen molar-refractivity contribution in [3.8, 4) is 34.2 Å². The Bertz CT molecular complexity index is 1560. The van der Waals surface area contributed by atoms with Gasteiger partial charge in [0.1, 0.15) is 23.2 Å². The molecular weight excluding hydrogens is 513 g/mol. The Kier molecular flexibility index (Phi) is 8.89. The number of carbonyl (C=O) groups excluding carboxylic acids is 2. The minimum atomic E-state index is -0.635. The molecule has 0 spiro atoms. The number of carbonyl (C=O) groups is 2. The van der Waals surface area contributed by atoms with Crippen molar-refractivity contribution in [1.29, 1.82) is 5.26 Å². The predicted octanol–water partition coefficient (Wildman–Crippen LogP) is 5.69. The quantitative estimate of drug-likeness (QED) is 0.202. The molecule has 2 aromatic carbocycles. The highest BCUT2D eigenvalue weighted by Gasteiger charge is 2.21. The number of phenols is 1. The largest absolute Gasteiger partial charge is 0.507 e. The molecule has 4 aromatic rings. The highest BCUT2D eigenvalue weighted by atomic mass is 19.1. The van der Waals surface area contributed by atoms with Crippen LogP contribution in [0.5, 0.6) is 5.75 Å². The van der Waals surface area contributed by atoms with Gasteiger partial charge in [0.25, 0.3) is 5.91 Å². The van der Waals surface area contributed by atoms with E-state index < -0.39 is 11.7 Å². The molecule has 0 aliphatic carbocycles. The van der Waals surface area contributed by atoms with Crippen molar-refractivity contribution in [3.05, 3.63) is 84.1 Å². The second kappa shape index (κ2) is 12.7. The van der Waals surface area contributed by atoms with Gasteiger partial charge in [-0.1, -0.05) is 26.0 Å². The summed E-state index contributed by atoms with van der Waals surface area (Å²) in [7, 11) is 0. The van der Waals surface area contributed by atoms with Crippen molar-refractivity contribution >= 4 is 23.3 Å². The molecule has 0 bridgehead atoms. The summed E-state index contributed by atoms with van der Waals surface area (Å²) >= 11 is 0. The van der Waals surface area contributed by atoms with E-state index >= 15 is 0 Å². The van der Waals surface area contributed by atoms with Crippen LogP contribution in [0.4, 0.5) is 15.9 Å². The van der Waals surface area contributed by atoms with Gasteiger partial charge in [-0.2, -0.15) is 5.26 Å². The fourth-order valence-electron chi connectivity index (χ4n) is 4.26. The van der Waals surface area contributed by atoms with Gasteiger partial charge in [0.05, 0.1) is 12.0 Å². The number of benzene rings is 2. The molecule has 0 aliphatic rings. The highest BCUT2D eigenvalue weighted by molar-refractivity contribution is 6.03. The van der Waals surface area contributed by atoms with Crippen LogP contribution >= 0.6 is 0 Å². The Morgan fingerprint density at radius 1 is 1.07 bits per heavy atom. The third kappa shape index (κ3) is 6.51. The Morgan fingerprint density at radius 3 is 2.58 bits per heavy atom. The lowest BCUT2D eigenvalue weighted by atomic mass is 9.97. The number of nitrogens with zero attached hydrogens (tertiary/aromatic N) is 2. The van der Waals surface area contributed by atoms with Gasteiger partial charge >= 0.3 is 0 Å². The maximum absolute atomic E-state index is 13.7. The van der Waals surface area contributed by atoms with E-state index in [4.69, 9.17) is 4.42 Å². The molecule has 1 atom stereocenters. The van der Waals surface area contributed by atoms with Gasteiger partial charge in [0.2, 0.25) is 5.91 Å². The minimum absolute atomic E-state index is 0.00919. The molecule has 4 rings (SSSR count). The molecule has 40 heavy (non-hydrogen) atoms. The van der Waals surface area contributed by atoms with Crippen molar-refractivity contribution in [2.45, 2.75) is 32.7 Å². The molecule has 0 saturated heterocycles. The maximum atomic E-state index is 13.7. The topological polar surface area (TPSA) is 140 Å². The van der Waals surface area contributed by atoms with E-state index in [2.05, 4.69) is 27.0 Å². The first-order chi connectivity index (χ1) is 19.3. The number of anilines is 2. The molecule has 0 radical (unpaired) electrons. The first-order valence-corrected chi connectivity index (χ1v) is 12.8. The first kappa shape index (κ1) is 28.0. The van der Waals surface area contributed by atoms with Crippen LogP contribution in [-0.4, -0.2) is 34.5 Å². The Hall–Kier alpha value is -5.01. The van der Waals surface area contributed by atoms with Crippen LogP contribution < -0.4 is 16.0 Å². The summed E-state index contributed by atoms with van der Waals surface area (Å²) in [5.74, 6) is -1.86. The van der Waals surface area contributed by atoms with Gasteiger partial charge in [0, 0.05) is 35.3 Å². The standard InChI is InChI=1S/C30H28FN5O4/c1-3-20(33-4-2)15-28(38)34-21-8-5-7-18(13-21)23-16-25(22-11-10-19(31)14-26(22)37)35-29(24(23)17-32)36-30(39)27-9-6-12-40-27/h5-14,16,20,33,37H,3-4,15H2,1-2H3,(H,34,38)(H,35,36,39). The Labute approximate surface area is 230 Å². The van der Waals surface area contributed by atoms with Crippen molar-refractivity contribution in [2.75, 3.05) is 17.2 Å². The molecule has 2 aromatic heterocycles. The second-order valence-corrected chi connectivity index (χ2v) is 8.98. The zero-order chi connectivity index (χ0) is 28.6. The molecule has 204 valence electrons. The second-order valence-electron chi connectivity index (χ2n) is 8.98. The third-order valence-electron chi connectivity index (χ3n) is 6.22. The molecule has 10 heteroatoms. The minimum Gasteiger partial charge on any atom is -0.507 e.